The second-order valence-corrected chi connectivity index (χ2v) is 30.6. The fourth-order valence-corrected chi connectivity index (χ4v) is 14.7. The van der Waals surface area contributed by atoms with E-state index < -0.39 is 112 Å². The average Bonchev–Trinajstić information content (AvgIpc) is 1.20. The highest BCUT2D eigenvalue weighted by Crippen LogP contribution is 2.35. The molecular formula is C74H69F9N6O15S3. The standard InChI is InChI=1S/C26H25F3N2O6S.C25H23F3N2O4S.C23H21F3N2O5S/c1-17-7-12-23(25(33)31(17)20-5-2-4-19(14-20)26(27,28)29)24(32)30-15-18-8-10-22(11-9-18)38(34,35)37-16-21-6-3-13-36-21;1-16-5-12-22(24(32)30(16)20-4-2-3-19(13-20)25(26,27)28)23(31)29-14-17-8-10-21(11-9-17)35(33,34)15-18-6-7-18;1-15-5-10-20(22(31)28(15)18-4-2-3-17(13-18)23(24,25)26)21(30)27-14-16-6-8-19(9-7-16)34(32,33)12-11-29/h2,4-5,7-12,14,21H,3,6,13,15-16H2,1H3,(H,30,32);2-5,8-13,18H,6-7,14-15H2,1H3,(H,29,31);2-10,13,29H,11-12,14H2,1H3,(H,27,30). The lowest BCUT2D eigenvalue weighted by Crippen LogP contribution is -2.33. The molecule has 6 aromatic carbocycles. The molecule has 4 N–H and O–H groups in total. The van der Waals surface area contributed by atoms with Crippen LogP contribution in [0.15, 0.2) is 211 Å². The lowest BCUT2D eigenvalue weighted by molar-refractivity contribution is -0.138. The molecule has 107 heavy (non-hydrogen) atoms. The van der Waals surface area contributed by atoms with Gasteiger partial charge in [0.25, 0.3) is 44.5 Å². The summed E-state index contributed by atoms with van der Waals surface area (Å²) in [6, 6.07) is 38.7. The third kappa shape index (κ3) is 20.9. The summed E-state index contributed by atoms with van der Waals surface area (Å²) in [7, 11) is -10.9. The molecule has 33 heteroatoms. The lowest BCUT2D eigenvalue weighted by Gasteiger charge is -2.14. The van der Waals surface area contributed by atoms with Crippen LogP contribution >= 0.6 is 0 Å². The van der Waals surface area contributed by atoms with Gasteiger partial charge >= 0.3 is 18.5 Å². The van der Waals surface area contributed by atoms with Crippen LogP contribution in [0.3, 0.4) is 0 Å². The maximum Gasteiger partial charge on any atom is 0.416 e. The number of rotatable bonds is 22. The number of pyridine rings is 3. The number of nitrogens with one attached hydrogen (secondary N) is 3. The molecule has 1 atom stereocenters. The molecule has 2 aliphatic rings. The van der Waals surface area contributed by atoms with Crippen molar-refractivity contribution in [3.63, 3.8) is 0 Å². The summed E-state index contributed by atoms with van der Waals surface area (Å²) < 4.78 is 205. The van der Waals surface area contributed by atoms with Crippen LogP contribution in [0.5, 0.6) is 0 Å². The van der Waals surface area contributed by atoms with Crippen molar-refractivity contribution in [3.05, 3.63) is 280 Å². The number of carbonyl (C=O) groups is 3. The second-order valence-electron chi connectivity index (χ2n) is 24.9. The van der Waals surface area contributed by atoms with Crippen LogP contribution in [0.4, 0.5) is 39.5 Å². The number of aromatic nitrogens is 3. The summed E-state index contributed by atoms with van der Waals surface area (Å²) in [6.07, 6.45) is -10.6. The number of halogens is 9. The minimum absolute atomic E-state index is 0.0000271. The Morgan fingerprint density at radius 1 is 0.467 bits per heavy atom. The number of hydrogen-bond donors (Lipinski definition) is 4. The van der Waals surface area contributed by atoms with Crippen molar-refractivity contribution in [1.82, 2.24) is 29.7 Å². The largest absolute Gasteiger partial charge is 0.416 e. The minimum atomic E-state index is -4.59. The Labute approximate surface area is 607 Å². The number of ether oxygens (including phenoxy) is 1. The summed E-state index contributed by atoms with van der Waals surface area (Å²) in [5, 5.41) is 16.6. The highest BCUT2D eigenvalue weighted by atomic mass is 32.2. The number of aliphatic hydroxyl groups is 1. The van der Waals surface area contributed by atoms with Gasteiger partial charge in [-0.25, -0.2) is 16.8 Å². The van der Waals surface area contributed by atoms with Crippen LogP contribution in [0.1, 0.15) is 107 Å². The Kier molecular flexibility index (Phi) is 25.4. The topological polar surface area (TPSA) is 294 Å². The van der Waals surface area contributed by atoms with E-state index in [4.69, 9.17) is 14.0 Å². The highest BCUT2D eigenvalue weighted by Gasteiger charge is 2.34. The zero-order chi connectivity index (χ0) is 78.0. The third-order valence-electron chi connectivity index (χ3n) is 16.9. The van der Waals surface area contributed by atoms with Crippen LogP contribution < -0.4 is 32.6 Å². The first kappa shape index (κ1) is 80.8. The first-order chi connectivity index (χ1) is 50.3. The van der Waals surface area contributed by atoms with E-state index in [9.17, 15) is 93.5 Å². The predicted molar refractivity (Wildman–Crippen MR) is 374 cm³/mol. The summed E-state index contributed by atoms with van der Waals surface area (Å²) >= 11 is 0. The molecule has 0 radical (unpaired) electrons. The Morgan fingerprint density at radius 2 is 0.804 bits per heavy atom. The van der Waals surface area contributed by atoms with E-state index in [2.05, 4.69) is 16.0 Å². The van der Waals surface area contributed by atoms with Crippen LogP contribution in [-0.4, -0.2) is 99.2 Å². The number of hydrogen-bond acceptors (Lipinski definition) is 15. The van der Waals surface area contributed by atoms with Crippen molar-refractivity contribution in [3.8, 4) is 17.1 Å². The number of amides is 3. The SMILES string of the molecule is Cc1ccc(C(=O)NCc2ccc(S(=O)(=O)CC3CC3)cc2)c(=O)n1-c1cccc(C(F)(F)F)c1.Cc1ccc(C(=O)NCc2ccc(S(=O)(=O)CCO)cc2)c(=O)n1-c1cccc(C(F)(F)F)c1.Cc1ccc(C(=O)NCc2ccc(S(=O)(=O)OCC3CCCO3)cc2)c(=O)n1-c1cccc(C(F)(F)F)c1. The smallest absolute Gasteiger partial charge is 0.395 e. The van der Waals surface area contributed by atoms with E-state index in [1.165, 1.54) is 140 Å². The number of aryl methyl sites for hydroxylation is 3. The van der Waals surface area contributed by atoms with Gasteiger partial charge in [-0.15, -0.1) is 0 Å². The van der Waals surface area contributed by atoms with Gasteiger partial charge in [-0.3, -0.25) is 46.7 Å². The maximum absolute atomic E-state index is 13.1. The molecule has 566 valence electrons. The lowest BCUT2D eigenvalue weighted by atomic mass is 10.1. The van der Waals surface area contributed by atoms with Crippen LogP contribution in [-0.2, 0) is 76.9 Å². The molecule has 3 aromatic heterocycles. The van der Waals surface area contributed by atoms with Gasteiger partial charge in [0.15, 0.2) is 19.7 Å². The third-order valence-corrected chi connectivity index (χ3v) is 21.8. The summed E-state index contributed by atoms with van der Waals surface area (Å²) in [6.45, 7) is 4.66. The van der Waals surface area contributed by atoms with E-state index >= 15 is 0 Å². The van der Waals surface area contributed by atoms with Gasteiger partial charge in [0.1, 0.15) is 16.7 Å². The van der Waals surface area contributed by atoms with Crippen molar-refractivity contribution in [2.45, 2.75) is 105 Å². The Balaban J connectivity index is 0.000000186. The molecule has 4 heterocycles. The molecule has 21 nitrogen and oxygen atoms in total. The van der Waals surface area contributed by atoms with Gasteiger partial charge in [-0.1, -0.05) is 54.6 Å². The summed E-state index contributed by atoms with van der Waals surface area (Å²) in [5.41, 5.74) is -3.00. The van der Waals surface area contributed by atoms with E-state index in [0.717, 1.165) is 75.8 Å². The molecular weight excluding hydrogens is 1480 g/mol. The molecule has 1 unspecified atom stereocenters. The zero-order valence-corrected chi connectivity index (χ0v) is 59.5. The molecule has 9 aromatic rings. The van der Waals surface area contributed by atoms with Crippen molar-refractivity contribution < 1.29 is 93.2 Å². The Bertz CT molecular complexity index is 5310. The van der Waals surface area contributed by atoms with Crippen molar-refractivity contribution >= 4 is 47.5 Å². The number of alkyl halides is 9. The van der Waals surface area contributed by atoms with Gasteiger partial charge in [0.2, 0.25) is 0 Å². The van der Waals surface area contributed by atoms with Gasteiger partial charge in [0.05, 0.1) is 62.2 Å². The van der Waals surface area contributed by atoms with Gasteiger partial charge < -0.3 is 25.8 Å². The highest BCUT2D eigenvalue weighted by molar-refractivity contribution is 7.91. The van der Waals surface area contributed by atoms with Crippen LogP contribution in [0.2, 0.25) is 0 Å². The maximum atomic E-state index is 13.1. The molecule has 1 aliphatic heterocycles. The number of carbonyl (C=O) groups excluding carboxylic acids is 3. The predicted octanol–water partition coefficient (Wildman–Crippen LogP) is 11.1. The minimum Gasteiger partial charge on any atom is -0.395 e. The van der Waals surface area contributed by atoms with Crippen LogP contribution in [0.25, 0.3) is 17.1 Å². The average molecular weight is 1550 g/mol. The fraction of sp³-hybridized carbons (Fsp3) is 0.270. The van der Waals surface area contributed by atoms with Crippen LogP contribution in [0, 0.1) is 26.7 Å². The van der Waals surface area contributed by atoms with Crippen molar-refractivity contribution in [2.24, 2.45) is 5.92 Å². The van der Waals surface area contributed by atoms with Crippen molar-refractivity contribution in [1.29, 1.82) is 0 Å². The molecule has 0 bridgehead atoms. The Morgan fingerprint density at radius 3 is 1.11 bits per heavy atom. The number of nitrogens with zero attached hydrogens (tertiary/aromatic N) is 3. The normalized spacial score (nSPS) is 14.0. The second kappa shape index (κ2) is 33.6. The van der Waals surface area contributed by atoms with Gasteiger partial charge in [-0.05, 0) is 196 Å². The van der Waals surface area contributed by atoms with Gasteiger partial charge in [-0.2, -0.15) is 47.9 Å². The number of sulfone groups is 2. The molecule has 3 amide bonds. The number of benzene rings is 6. The molecule has 1 saturated heterocycles. The Hall–Kier alpha value is -10.3. The molecule has 1 saturated carbocycles. The summed E-state index contributed by atoms with van der Waals surface area (Å²) in [4.78, 5) is 77.3. The van der Waals surface area contributed by atoms with Crippen molar-refractivity contribution in [2.75, 3.05) is 31.3 Å². The quantitative estimate of drug-likeness (QED) is 0.0362. The van der Waals surface area contributed by atoms with E-state index in [0.29, 0.717) is 40.4 Å². The van der Waals surface area contributed by atoms with E-state index in [1.54, 1.807) is 26.0 Å². The number of aliphatic hydroxyl groups excluding tert-OH is 1. The molecule has 0 spiro atoms. The molecule has 11 rings (SSSR count). The van der Waals surface area contributed by atoms with E-state index in [-0.39, 0.29) is 92.5 Å². The summed E-state index contributed by atoms with van der Waals surface area (Å²) in [5.74, 6) is -2.20. The molecule has 2 fully saturated rings. The van der Waals surface area contributed by atoms with Gasteiger partial charge in [0, 0.05) is 60.4 Å². The van der Waals surface area contributed by atoms with E-state index in [1.807, 2.05) is 0 Å². The zero-order valence-electron chi connectivity index (χ0n) is 57.1. The fourth-order valence-electron chi connectivity index (χ4n) is 11.0. The first-order valence-electron chi connectivity index (χ1n) is 32.7. The monoisotopic (exact) mass is 1550 g/mol. The molecule has 1 aliphatic carbocycles. The first-order valence-corrected chi connectivity index (χ1v) is 37.5.